The minimum absolute atomic E-state index is 0.0723. The van der Waals surface area contributed by atoms with Crippen LogP contribution >= 0.6 is 34.3 Å². The van der Waals surface area contributed by atoms with Crippen LogP contribution in [0.5, 0.6) is 11.5 Å². The summed E-state index contributed by atoms with van der Waals surface area (Å²) in [5, 5.41) is 22.9. The molecule has 0 saturated carbocycles. The lowest BCUT2D eigenvalue weighted by atomic mass is 9.99. The van der Waals surface area contributed by atoms with Crippen molar-refractivity contribution in [2.45, 2.75) is 6.04 Å². The molecule has 4 aromatic rings. The van der Waals surface area contributed by atoms with E-state index in [0.29, 0.717) is 20.8 Å². The Kier molecular flexibility index (Phi) is 6.36. The van der Waals surface area contributed by atoms with Gasteiger partial charge in [-0.1, -0.05) is 29.0 Å². The molecule has 188 valence electrons. The highest BCUT2D eigenvalue weighted by Crippen LogP contribution is 2.47. The average Bonchev–Trinajstić information content (AvgIpc) is 3.61. The van der Waals surface area contributed by atoms with Gasteiger partial charge in [0.2, 0.25) is 0 Å². The molecular weight excluding hydrogens is 540 g/mol. The number of carboxylic acid groups (broad SMARTS) is 1. The van der Waals surface area contributed by atoms with Crippen LogP contribution < -0.4 is 14.4 Å². The summed E-state index contributed by atoms with van der Waals surface area (Å²) in [5.74, 6) is -2.85. The third kappa shape index (κ3) is 4.10. The summed E-state index contributed by atoms with van der Waals surface area (Å²) in [5.41, 5.74) is 0.504. The summed E-state index contributed by atoms with van der Waals surface area (Å²) in [6, 6.07) is 9.82. The van der Waals surface area contributed by atoms with Gasteiger partial charge in [-0.05, 0) is 35.7 Å². The van der Waals surface area contributed by atoms with E-state index in [4.69, 9.17) is 21.1 Å². The number of hydrogen-bond donors (Lipinski definition) is 2. The van der Waals surface area contributed by atoms with Crippen molar-refractivity contribution < 1.29 is 34.1 Å². The van der Waals surface area contributed by atoms with Gasteiger partial charge < -0.3 is 19.7 Å². The highest BCUT2D eigenvalue weighted by Gasteiger charge is 2.49. The molecule has 1 atom stereocenters. The summed E-state index contributed by atoms with van der Waals surface area (Å²) in [6.07, 6.45) is 0. The van der Waals surface area contributed by atoms with E-state index in [1.807, 2.05) is 0 Å². The van der Waals surface area contributed by atoms with E-state index in [1.165, 1.54) is 54.7 Å². The van der Waals surface area contributed by atoms with Gasteiger partial charge in [0.15, 0.2) is 5.13 Å². The van der Waals surface area contributed by atoms with Crippen molar-refractivity contribution in [2.75, 3.05) is 19.1 Å². The predicted molar refractivity (Wildman–Crippen MR) is 140 cm³/mol. The van der Waals surface area contributed by atoms with E-state index < -0.39 is 29.5 Å². The molecule has 9 nitrogen and oxygen atoms in total. The first kappa shape index (κ1) is 24.8. The number of carbonyl (C=O) groups excluding carboxylic acids is 2. The average molecular weight is 557 g/mol. The van der Waals surface area contributed by atoms with Crippen molar-refractivity contribution in [2.24, 2.45) is 0 Å². The van der Waals surface area contributed by atoms with E-state index in [0.717, 1.165) is 11.3 Å². The maximum absolute atomic E-state index is 13.4. The number of benzene rings is 2. The number of methoxy groups -OCH3 is 2. The third-order valence-corrected chi connectivity index (χ3v) is 8.05. The normalized spacial score (nSPS) is 16.9. The van der Waals surface area contributed by atoms with Crippen LogP contribution in [-0.2, 0) is 9.59 Å². The standard InChI is InChI=1S/C25H17ClN2O7S2/c1-34-15-10-16(35-2)13(26)9-12(15)21(29)19-20(17-4-3-7-36-17)28(23(31)22(19)30)25-27-14-6-5-11(24(32)33)8-18(14)37-25/h3-10,20,29H,1-2H3,(H,32,33)/b21-19+. The zero-order valence-corrected chi connectivity index (χ0v) is 21.6. The molecule has 1 aliphatic rings. The Hall–Kier alpha value is -3.93. The minimum atomic E-state index is -1.09. The minimum Gasteiger partial charge on any atom is -0.507 e. The van der Waals surface area contributed by atoms with Crippen LogP contribution in [0.1, 0.15) is 26.8 Å². The Morgan fingerprint density at radius 1 is 1.08 bits per heavy atom. The van der Waals surface area contributed by atoms with Crippen LogP contribution in [0.3, 0.4) is 0 Å². The maximum atomic E-state index is 13.4. The number of thiazole rings is 1. The number of hydrogen-bond acceptors (Lipinski definition) is 9. The number of thiophene rings is 1. The first-order valence-electron chi connectivity index (χ1n) is 10.6. The lowest BCUT2D eigenvalue weighted by Gasteiger charge is -2.21. The number of fused-ring (bicyclic) bond motifs is 1. The van der Waals surface area contributed by atoms with E-state index in [-0.39, 0.29) is 32.6 Å². The van der Waals surface area contributed by atoms with Crippen LogP contribution in [0, 0.1) is 0 Å². The molecular formula is C25H17ClN2O7S2. The van der Waals surface area contributed by atoms with Crippen LogP contribution in [-0.4, -0.2) is 47.1 Å². The highest BCUT2D eigenvalue weighted by molar-refractivity contribution is 7.22. The van der Waals surface area contributed by atoms with Crippen molar-refractivity contribution in [3.8, 4) is 11.5 Å². The van der Waals surface area contributed by atoms with E-state index in [1.54, 1.807) is 23.6 Å². The molecule has 5 rings (SSSR count). The number of nitrogens with zero attached hydrogens (tertiary/aromatic N) is 2. The Morgan fingerprint density at radius 2 is 1.84 bits per heavy atom. The summed E-state index contributed by atoms with van der Waals surface area (Å²) < 4.78 is 11.1. The topological polar surface area (TPSA) is 126 Å². The molecule has 0 radical (unpaired) electrons. The molecule has 2 aromatic heterocycles. The Bertz CT molecular complexity index is 1610. The third-order valence-electron chi connectivity index (χ3n) is 5.82. The van der Waals surface area contributed by atoms with Crippen LogP contribution in [0.25, 0.3) is 16.0 Å². The van der Waals surface area contributed by atoms with E-state index >= 15 is 0 Å². The largest absolute Gasteiger partial charge is 0.507 e. The van der Waals surface area contributed by atoms with Gasteiger partial charge in [0.25, 0.3) is 5.78 Å². The number of aliphatic hydroxyl groups excluding tert-OH is 1. The summed E-state index contributed by atoms with van der Waals surface area (Å²) in [7, 11) is 2.82. The molecule has 0 bridgehead atoms. The second-order valence-corrected chi connectivity index (χ2v) is 10.3. The molecule has 1 amide bonds. The maximum Gasteiger partial charge on any atom is 0.335 e. The number of Topliss-reactive ketones (excluding diaryl/α,β-unsaturated/α-hetero) is 1. The van der Waals surface area contributed by atoms with Crippen molar-refractivity contribution in [1.29, 1.82) is 0 Å². The number of halogens is 1. The lowest BCUT2D eigenvalue weighted by molar-refractivity contribution is -0.132. The van der Waals surface area contributed by atoms with Crippen LogP contribution in [0.15, 0.2) is 53.4 Å². The first-order valence-corrected chi connectivity index (χ1v) is 12.7. The smallest absolute Gasteiger partial charge is 0.335 e. The fourth-order valence-electron chi connectivity index (χ4n) is 4.08. The van der Waals surface area contributed by atoms with Gasteiger partial charge in [-0.3, -0.25) is 14.5 Å². The fraction of sp³-hybridized carbons (Fsp3) is 0.120. The van der Waals surface area contributed by atoms with Gasteiger partial charge in [0, 0.05) is 10.9 Å². The number of rotatable bonds is 6. The van der Waals surface area contributed by atoms with Crippen molar-refractivity contribution in [1.82, 2.24) is 4.98 Å². The van der Waals surface area contributed by atoms with Gasteiger partial charge in [-0.15, -0.1) is 11.3 Å². The zero-order chi connectivity index (χ0) is 26.4. The fourth-order valence-corrected chi connectivity index (χ4v) is 6.18. The molecule has 37 heavy (non-hydrogen) atoms. The molecule has 1 fully saturated rings. The number of carbonyl (C=O) groups is 3. The van der Waals surface area contributed by atoms with Crippen LogP contribution in [0.2, 0.25) is 5.02 Å². The number of ether oxygens (including phenoxy) is 2. The van der Waals surface area contributed by atoms with Crippen molar-refractivity contribution >= 4 is 73.0 Å². The first-order chi connectivity index (χ1) is 17.7. The van der Waals surface area contributed by atoms with Crippen molar-refractivity contribution in [3.05, 3.63) is 74.4 Å². The van der Waals surface area contributed by atoms with Crippen molar-refractivity contribution in [3.63, 3.8) is 0 Å². The molecule has 1 aliphatic heterocycles. The second kappa shape index (κ2) is 9.51. The van der Waals surface area contributed by atoms with Gasteiger partial charge in [-0.25, -0.2) is 9.78 Å². The van der Waals surface area contributed by atoms with Gasteiger partial charge in [-0.2, -0.15) is 0 Å². The molecule has 2 aromatic carbocycles. The molecule has 2 N–H and O–H groups in total. The molecule has 0 aliphatic carbocycles. The number of amides is 1. The Balaban J connectivity index is 1.71. The number of carboxylic acids is 1. The number of ketones is 1. The number of anilines is 1. The SMILES string of the molecule is COc1cc(OC)c(/C(O)=C2\C(=O)C(=O)N(c3nc4ccc(C(=O)O)cc4s3)C2c2cccs2)cc1Cl. The van der Waals surface area contributed by atoms with Gasteiger partial charge >= 0.3 is 11.9 Å². The molecule has 3 heterocycles. The Labute approximate surface area is 222 Å². The van der Waals surface area contributed by atoms with E-state index in [9.17, 15) is 24.6 Å². The number of aromatic carboxylic acids is 1. The van der Waals surface area contributed by atoms with E-state index in [2.05, 4.69) is 4.98 Å². The van der Waals surface area contributed by atoms with Gasteiger partial charge in [0.05, 0.1) is 46.2 Å². The number of aromatic nitrogens is 1. The highest BCUT2D eigenvalue weighted by atomic mass is 35.5. The molecule has 1 unspecified atom stereocenters. The molecule has 12 heteroatoms. The molecule has 0 spiro atoms. The summed E-state index contributed by atoms with van der Waals surface area (Å²) in [6.45, 7) is 0. The molecule has 1 saturated heterocycles. The lowest BCUT2D eigenvalue weighted by Crippen LogP contribution is -2.28. The summed E-state index contributed by atoms with van der Waals surface area (Å²) >= 11 is 8.67. The van der Waals surface area contributed by atoms with Crippen LogP contribution in [0.4, 0.5) is 5.13 Å². The Morgan fingerprint density at radius 3 is 2.49 bits per heavy atom. The second-order valence-electron chi connectivity index (χ2n) is 7.86. The zero-order valence-electron chi connectivity index (χ0n) is 19.2. The predicted octanol–water partition coefficient (Wildman–Crippen LogP) is 5.35. The number of aliphatic hydroxyl groups is 1. The summed E-state index contributed by atoms with van der Waals surface area (Å²) in [4.78, 5) is 44.5. The monoisotopic (exact) mass is 556 g/mol. The van der Waals surface area contributed by atoms with Gasteiger partial charge in [0.1, 0.15) is 23.3 Å². The quantitative estimate of drug-likeness (QED) is 0.185.